The normalized spacial score (nSPS) is 11.6. The number of carbonyl (C=O) groups excluding carboxylic acids is 1. The van der Waals surface area contributed by atoms with Gasteiger partial charge in [0.15, 0.2) is 5.69 Å². The lowest BCUT2D eigenvalue weighted by Gasteiger charge is -2.17. The first kappa shape index (κ1) is 22.4. The summed E-state index contributed by atoms with van der Waals surface area (Å²) in [6.45, 7) is -3.16. The van der Waals surface area contributed by atoms with Gasteiger partial charge in [-0.1, -0.05) is 30.3 Å². The van der Waals surface area contributed by atoms with Crippen LogP contribution in [0.2, 0.25) is 0 Å². The molecule has 4 nitrogen and oxygen atoms in total. The number of nitrogens with one attached hydrogen (secondary N) is 1. The van der Waals surface area contributed by atoms with Crippen molar-refractivity contribution in [2.24, 2.45) is 7.05 Å². The number of carbonyl (C=O) groups is 1. The third kappa shape index (κ3) is 4.42. The number of rotatable bonds is 6. The summed E-state index contributed by atoms with van der Waals surface area (Å²) >= 11 is 0. The molecule has 0 saturated carbocycles. The zero-order chi connectivity index (χ0) is 22.8. The summed E-state index contributed by atoms with van der Waals surface area (Å²) in [5, 5.41) is 5.68. The number of benzene rings is 2. The fraction of sp³-hybridized carbons (Fsp3) is 0.238. The highest BCUT2D eigenvalue weighted by Gasteiger charge is 2.39. The summed E-state index contributed by atoms with van der Waals surface area (Å²) < 4.78 is 80.9. The second-order valence-corrected chi connectivity index (χ2v) is 6.69. The summed E-state index contributed by atoms with van der Waals surface area (Å²) in [6.07, 6.45) is -3.90. The molecule has 3 aromatic rings. The van der Waals surface area contributed by atoms with Crippen LogP contribution >= 0.6 is 0 Å². The maximum Gasteiger partial charge on any atom is 0.435 e. The number of amides is 1. The topological polar surface area (TPSA) is 46.9 Å². The van der Waals surface area contributed by atoms with Crippen LogP contribution in [0.25, 0.3) is 11.1 Å². The fourth-order valence-electron chi connectivity index (χ4n) is 3.32. The standard InChI is InChI=1S/C21H17F6N3O/c1-30-11-17(19(29-30)21(25,26)27)20(31)28-18-5-3-2-4-14(18)13-7-6-12(8-22)15(9-23)16(13)10-24/h2-7,11H,8-10H2,1H3,(H,28,31). The van der Waals surface area contributed by atoms with Crippen LogP contribution in [-0.4, -0.2) is 15.7 Å². The average Bonchev–Trinajstić information content (AvgIpc) is 3.15. The van der Waals surface area contributed by atoms with Gasteiger partial charge >= 0.3 is 6.18 Å². The summed E-state index contributed by atoms with van der Waals surface area (Å²) in [6, 6.07) is 8.70. The van der Waals surface area contributed by atoms with E-state index in [0.29, 0.717) is 0 Å². The predicted molar refractivity (Wildman–Crippen MR) is 102 cm³/mol. The molecule has 0 fully saturated rings. The Bertz CT molecular complexity index is 1110. The van der Waals surface area contributed by atoms with Crippen molar-refractivity contribution in [3.05, 3.63) is 70.5 Å². The smallest absolute Gasteiger partial charge is 0.321 e. The molecule has 0 aliphatic rings. The number of halogens is 6. The van der Waals surface area contributed by atoms with Gasteiger partial charge in [-0.15, -0.1) is 0 Å². The van der Waals surface area contributed by atoms with E-state index in [2.05, 4.69) is 10.4 Å². The molecular weight excluding hydrogens is 424 g/mol. The minimum absolute atomic E-state index is 0.00518. The molecule has 164 valence electrons. The van der Waals surface area contributed by atoms with E-state index in [1.807, 2.05) is 0 Å². The average molecular weight is 441 g/mol. The molecule has 0 radical (unpaired) electrons. The molecule has 2 aromatic carbocycles. The van der Waals surface area contributed by atoms with Crippen LogP contribution in [0.15, 0.2) is 42.6 Å². The zero-order valence-electron chi connectivity index (χ0n) is 16.2. The third-order valence-electron chi connectivity index (χ3n) is 4.75. The van der Waals surface area contributed by atoms with Gasteiger partial charge in [0.1, 0.15) is 20.0 Å². The molecule has 0 spiro atoms. The molecule has 0 aliphatic heterocycles. The summed E-state index contributed by atoms with van der Waals surface area (Å²) in [5.41, 5.74) is -1.71. The molecule has 1 amide bonds. The van der Waals surface area contributed by atoms with Crippen molar-refractivity contribution in [1.82, 2.24) is 9.78 Å². The fourth-order valence-corrected chi connectivity index (χ4v) is 3.32. The van der Waals surface area contributed by atoms with Gasteiger partial charge in [-0.25, -0.2) is 13.2 Å². The van der Waals surface area contributed by atoms with Crippen LogP contribution < -0.4 is 5.32 Å². The molecule has 0 unspecified atom stereocenters. The summed E-state index contributed by atoms with van der Waals surface area (Å²) in [4.78, 5) is 12.6. The number of hydrogen-bond acceptors (Lipinski definition) is 2. The highest BCUT2D eigenvalue weighted by molar-refractivity contribution is 6.07. The highest BCUT2D eigenvalue weighted by atomic mass is 19.4. The molecule has 10 heteroatoms. The van der Waals surface area contributed by atoms with Crippen LogP contribution in [0.5, 0.6) is 0 Å². The van der Waals surface area contributed by atoms with Crippen LogP contribution in [0.3, 0.4) is 0 Å². The van der Waals surface area contributed by atoms with Crippen molar-refractivity contribution in [2.45, 2.75) is 26.2 Å². The van der Waals surface area contributed by atoms with Gasteiger partial charge in [0.25, 0.3) is 5.91 Å². The Labute approximate surface area is 173 Å². The van der Waals surface area contributed by atoms with Crippen LogP contribution in [-0.2, 0) is 33.2 Å². The first-order chi connectivity index (χ1) is 14.7. The van der Waals surface area contributed by atoms with E-state index >= 15 is 0 Å². The van der Waals surface area contributed by atoms with E-state index in [1.54, 1.807) is 6.07 Å². The highest BCUT2D eigenvalue weighted by Crippen LogP contribution is 2.36. The molecule has 1 N–H and O–H groups in total. The monoisotopic (exact) mass is 441 g/mol. The van der Waals surface area contributed by atoms with E-state index < -0.39 is 43.4 Å². The van der Waals surface area contributed by atoms with Gasteiger partial charge in [0.2, 0.25) is 0 Å². The van der Waals surface area contributed by atoms with Crippen molar-refractivity contribution >= 4 is 11.6 Å². The molecule has 0 aliphatic carbocycles. The predicted octanol–water partition coefficient (Wildman–Crippen LogP) is 5.77. The minimum Gasteiger partial charge on any atom is -0.321 e. The Balaban J connectivity index is 2.07. The largest absolute Gasteiger partial charge is 0.435 e. The van der Waals surface area contributed by atoms with Crippen molar-refractivity contribution in [2.75, 3.05) is 5.32 Å². The number of hydrogen-bond donors (Lipinski definition) is 1. The van der Waals surface area contributed by atoms with Gasteiger partial charge in [-0.05, 0) is 28.3 Å². The van der Waals surface area contributed by atoms with Crippen LogP contribution in [0, 0.1) is 0 Å². The number of aryl methyl sites for hydroxylation is 1. The molecule has 1 heterocycles. The van der Waals surface area contributed by atoms with Gasteiger partial charge < -0.3 is 5.32 Å². The maximum atomic E-state index is 13.8. The number of nitrogens with zero attached hydrogens (tertiary/aromatic N) is 2. The molecule has 0 bridgehead atoms. The van der Waals surface area contributed by atoms with Crippen LogP contribution in [0.1, 0.15) is 32.7 Å². The summed E-state index contributed by atoms with van der Waals surface area (Å²) in [5.74, 6) is -1.07. The minimum atomic E-state index is -4.84. The lowest BCUT2D eigenvalue weighted by Crippen LogP contribution is -2.18. The molecule has 31 heavy (non-hydrogen) atoms. The van der Waals surface area contributed by atoms with E-state index in [9.17, 15) is 31.1 Å². The number of alkyl halides is 6. The summed E-state index contributed by atoms with van der Waals surface area (Å²) in [7, 11) is 1.25. The van der Waals surface area contributed by atoms with E-state index in [0.717, 1.165) is 10.9 Å². The maximum absolute atomic E-state index is 13.8. The number of aromatic nitrogens is 2. The van der Waals surface area contributed by atoms with Gasteiger partial charge in [0.05, 0.1) is 5.56 Å². The zero-order valence-corrected chi connectivity index (χ0v) is 16.2. The molecule has 1 aromatic heterocycles. The Morgan fingerprint density at radius 1 is 0.968 bits per heavy atom. The SMILES string of the molecule is Cn1cc(C(=O)Nc2ccccc2-c2ccc(CF)c(CF)c2CF)c(C(F)(F)F)n1. The lowest BCUT2D eigenvalue weighted by atomic mass is 9.92. The Morgan fingerprint density at radius 2 is 1.65 bits per heavy atom. The van der Waals surface area contributed by atoms with Crippen molar-refractivity contribution in [1.29, 1.82) is 0 Å². The Kier molecular flexibility index (Phi) is 6.37. The van der Waals surface area contributed by atoms with E-state index in [1.165, 1.54) is 37.4 Å². The van der Waals surface area contributed by atoms with Crippen molar-refractivity contribution in [3.8, 4) is 11.1 Å². The van der Waals surface area contributed by atoms with Gasteiger partial charge in [-0.3, -0.25) is 9.48 Å². The third-order valence-corrected chi connectivity index (χ3v) is 4.75. The lowest BCUT2D eigenvalue weighted by molar-refractivity contribution is -0.141. The molecule has 0 saturated heterocycles. The van der Waals surface area contributed by atoms with Crippen molar-refractivity contribution < 1.29 is 31.1 Å². The second kappa shape index (κ2) is 8.83. The Hall–Kier alpha value is -3.30. The van der Waals surface area contributed by atoms with Crippen LogP contribution in [0.4, 0.5) is 32.0 Å². The van der Waals surface area contributed by atoms with Gasteiger partial charge in [-0.2, -0.15) is 18.3 Å². The Morgan fingerprint density at radius 3 is 2.26 bits per heavy atom. The van der Waals surface area contributed by atoms with Crippen molar-refractivity contribution in [3.63, 3.8) is 0 Å². The molecular formula is C21H17F6N3O. The number of anilines is 1. The first-order valence-electron chi connectivity index (χ1n) is 9.04. The second-order valence-electron chi connectivity index (χ2n) is 6.69. The van der Waals surface area contributed by atoms with Gasteiger partial charge in [0, 0.05) is 24.5 Å². The molecule has 3 rings (SSSR count). The van der Waals surface area contributed by atoms with E-state index in [4.69, 9.17) is 0 Å². The van der Waals surface area contributed by atoms with E-state index in [-0.39, 0.29) is 33.5 Å². The quantitative estimate of drug-likeness (QED) is 0.494. The number of para-hydroxylation sites is 1. The first-order valence-corrected chi connectivity index (χ1v) is 9.04. The molecule has 0 atom stereocenters.